The minimum absolute atomic E-state index is 0.349. The average Bonchev–Trinajstić information content (AvgIpc) is 3.08. The van der Waals surface area contributed by atoms with Crippen LogP contribution in [0.15, 0.2) is 66.3 Å². The van der Waals surface area contributed by atoms with Crippen molar-refractivity contribution in [1.29, 1.82) is 5.26 Å². The molecule has 5 nitrogen and oxygen atoms in total. The van der Waals surface area contributed by atoms with E-state index >= 15 is 0 Å². The molecule has 0 atom stereocenters. The lowest BCUT2D eigenvalue weighted by atomic mass is 10.2. The lowest BCUT2D eigenvalue weighted by molar-refractivity contribution is 0.289. The van der Waals surface area contributed by atoms with Crippen LogP contribution in [0.3, 0.4) is 0 Å². The van der Waals surface area contributed by atoms with Gasteiger partial charge in [-0.3, -0.25) is 4.57 Å². The highest BCUT2D eigenvalue weighted by Gasteiger charge is 2.12. The number of hydrogen-bond acceptors (Lipinski definition) is 5. The number of nitriles is 1. The van der Waals surface area contributed by atoms with E-state index in [4.69, 9.17) is 10.00 Å². The fraction of sp³-hybridized carbons (Fsp3) is 0.190. The van der Waals surface area contributed by atoms with Crippen LogP contribution >= 0.6 is 11.8 Å². The smallest absolute Gasteiger partial charge is 0.191 e. The van der Waals surface area contributed by atoms with Gasteiger partial charge in [-0.05, 0) is 36.8 Å². The van der Waals surface area contributed by atoms with E-state index in [0.29, 0.717) is 18.7 Å². The second-order valence-corrected chi connectivity index (χ2v) is 6.94. The number of aryl methyl sites for hydroxylation is 1. The Morgan fingerprint density at radius 1 is 1.15 bits per heavy atom. The van der Waals surface area contributed by atoms with E-state index in [9.17, 15) is 0 Å². The summed E-state index contributed by atoms with van der Waals surface area (Å²) in [6.45, 7) is 6.84. The minimum Gasteiger partial charge on any atom is -0.486 e. The summed E-state index contributed by atoms with van der Waals surface area (Å²) in [4.78, 5) is 0. The molecule has 0 amide bonds. The lowest BCUT2D eigenvalue weighted by Gasteiger charge is -2.09. The molecule has 3 aromatic rings. The van der Waals surface area contributed by atoms with Gasteiger partial charge in [0.05, 0.1) is 11.6 Å². The molecule has 0 unspecified atom stereocenters. The molecule has 6 heteroatoms. The molecule has 0 radical (unpaired) electrons. The summed E-state index contributed by atoms with van der Waals surface area (Å²) in [6.07, 6.45) is 1.82. The first-order valence-electron chi connectivity index (χ1n) is 8.54. The van der Waals surface area contributed by atoms with Crippen LogP contribution in [-0.4, -0.2) is 14.8 Å². The zero-order valence-electron chi connectivity index (χ0n) is 15.1. The summed E-state index contributed by atoms with van der Waals surface area (Å²) in [5, 5.41) is 18.3. The van der Waals surface area contributed by atoms with Gasteiger partial charge in [0.2, 0.25) is 0 Å². The average molecular weight is 376 g/mol. The third-order valence-electron chi connectivity index (χ3n) is 3.95. The highest BCUT2D eigenvalue weighted by atomic mass is 32.2. The van der Waals surface area contributed by atoms with Crippen molar-refractivity contribution < 1.29 is 4.74 Å². The van der Waals surface area contributed by atoms with E-state index in [0.717, 1.165) is 28.0 Å². The summed E-state index contributed by atoms with van der Waals surface area (Å²) in [6, 6.07) is 17.6. The van der Waals surface area contributed by atoms with Crippen molar-refractivity contribution in [3.63, 3.8) is 0 Å². The van der Waals surface area contributed by atoms with Crippen molar-refractivity contribution >= 4 is 11.8 Å². The molecule has 0 saturated carbocycles. The topological polar surface area (TPSA) is 63.7 Å². The second-order valence-electron chi connectivity index (χ2n) is 6.00. The molecule has 0 N–H and O–H groups in total. The van der Waals surface area contributed by atoms with Crippen LogP contribution in [0.1, 0.15) is 22.5 Å². The van der Waals surface area contributed by atoms with Gasteiger partial charge < -0.3 is 4.74 Å². The Morgan fingerprint density at radius 2 is 1.89 bits per heavy atom. The van der Waals surface area contributed by atoms with Crippen LogP contribution in [0.4, 0.5) is 0 Å². The molecular weight excluding hydrogens is 356 g/mol. The molecule has 0 spiro atoms. The number of aromatic nitrogens is 3. The second kappa shape index (κ2) is 9.06. The Morgan fingerprint density at radius 3 is 2.56 bits per heavy atom. The summed E-state index contributed by atoms with van der Waals surface area (Å²) < 4.78 is 7.85. The first-order chi connectivity index (χ1) is 13.2. The quantitative estimate of drug-likeness (QED) is 0.427. The summed E-state index contributed by atoms with van der Waals surface area (Å²) in [5.41, 5.74) is 2.98. The third-order valence-corrected chi connectivity index (χ3v) is 4.98. The van der Waals surface area contributed by atoms with Crippen LogP contribution in [0.2, 0.25) is 0 Å². The molecule has 2 aromatic carbocycles. The van der Waals surface area contributed by atoms with Gasteiger partial charge in [-0.1, -0.05) is 47.7 Å². The van der Waals surface area contributed by atoms with E-state index in [1.807, 2.05) is 66.1 Å². The van der Waals surface area contributed by atoms with Crippen molar-refractivity contribution in [3.8, 4) is 11.8 Å². The highest BCUT2D eigenvalue weighted by molar-refractivity contribution is 7.98. The molecule has 0 bridgehead atoms. The van der Waals surface area contributed by atoms with Gasteiger partial charge in [0.15, 0.2) is 11.0 Å². The first kappa shape index (κ1) is 18.7. The molecule has 0 aliphatic rings. The molecule has 0 aliphatic carbocycles. The molecule has 1 heterocycles. The number of hydrogen-bond donors (Lipinski definition) is 0. The zero-order chi connectivity index (χ0) is 19.1. The number of nitrogens with zero attached hydrogens (tertiary/aromatic N) is 4. The van der Waals surface area contributed by atoms with E-state index in [1.165, 1.54) is 5.56 Å². The predicted molar refractivity (Wildman–Crippen MR) is 106 cm³/mol. The SMILES string of the molecule is C=CCn1c(COc2ccc(C)cc2)nnc1SCc1ccc(C#N)cc1. The van der Waals surface area contributed by atoms with Gasteiger partial charge in [0.1, 0.15) is 12.4 Å². The van der Waals surface area contributed by atoms with E-state index in [1.54, 1.807) is 11.8 Å². The van der Waals surface area contributed by atoms with Crippen LogP contribution in [0, 0.1) is 18.3 Å². The normalized spacial score (nSPS) is 10.4. The maximum atomic E-state index is 8.88. The van der Waals surface area contributed by atoms with Gasteiger partial charge in [-0.25, -0.2) is 0 Å². The van der Waals surface area contributed by atoms with Gasteiger partial charge in [-0.15, -0.1) is 16.8 Å². The first-order valence-corrected chi connectivity index (χ1v) is 9.52. The number of allylic oxidation sites excluding steroid dienone is 1. The number of thioether (sulfide) groups is 1. The molecule has 1 aromatic heterocycles. The molecule has 0 aliphatic heterocycles. The maximum Gasteiger partial charge on any atom is 0.191 e. The van der Waals surface area contributed by atoms with Crippen molar-refractivity contribution in [2.75, 3.05) is 0 Å². The summed E-state index contributed by atoms with van der Waals surface area (Å²) in [7, 11) is 0. The Labute approximate surface area is 163 Å². The van der Waals surface area contributed by atoms with E-state index < -0.39 is 0 Å². The van der Waals surface area contributed by atoms with E-state index in [2.05, 4.69) is 22.8 Å². The summed E-state index contributed by atoms with van der Waals surface area (Å²) >= 11 is 1.60. The molecule has 0 saturated heterocycles. The van der Waals surface area contributed by atoms with Crippen LogP contribution in [0.5, 0.6) is 5.75 Å². The molecule has 3 rings (SSSR count). The highest BCUT2D eigenvalue weighted by Crippen LogP contribution is 2.23. The predicted octanol–water partition coefficient (Wildman–Crippen LogP) is 4.52. The largest absolute Gasteiger partial charge is 0.486 e. The molecular formula is C21H20N4OS. The third kappa shape index (κ3) is 4.99. The van der Waals surface area contributed by atoms with Gasteiger partial charge >= 0.3 is 0 Å². The van der Waals surface area contributed by atoms with Gasteiger partial charge in [0.25, 0.3) is 0 Å². The van der Waals surface area contributed by atoms with Crippen molar-refractivity contribution in [2.45, 2.75) is 31.0 Å². The van der Waals surface area contributed by atoms with Crippen LogP contribution in [0.25, 0.3) is 0 Å². The van der Waals surface area contributed by atoms with Crippen LogP contribution < -0.4 is 4.74 Å². The maximum absolute atomic E-state index is 8.88. The lowest BCUT2D eigenvalue weighted by Crippen LogP contribution is -2.07. The minimum atomic E-state index is 0.349. The molecule has 136 valence electrons. The molecule has 0 fully saturated rings. The Balaban J connectivity index is 1.67. The van der Waals surface area contributed by atoms with Gasteiger partial charge in [0, 0.05) is 12.3 Å². The number of benzene rings is 2. The van der Waals surface area contributed by atoms with Gasteiger partial charge in [-0.2, -0.15) is 5.26 Å². The van der Waals surface area contributed by atoms with Crippen molar-refractivity contribution in [2.24, 2.45) is 0 Å². The zero-order valence-corrected chi connectivity index (χ0v) is 15.9. The standard InChI is InChI=1S/C21H20N4OS/c1-3-12-25-20(14-26-19-10-4-16(2)5-11-19)23-24-21(25)27-15-18-8-6-17(13-22)7-9-18/h3-11H,1,12,14-15H2,2H3. The number of ether oxygens (including phenoxy) is 1. The van der Waals surface area contributed by atoms with Crippen molar-refractivity contribution in [1.82, 2.24) is 14.8 Å². The van der Waals surface area contributed by atoms with Crippen LogP contribution in [-0.2, 0) is 18.9 Å². The Bertz CT molecular complexity index is 940. The Kier molecular flexibility index (Phi) is 6.29. The number of rotatable bonds is 8. The Hall–Kier alpha value is -3.04. The van der Waals surface area contributed by atoms with E-state index in [-0.39, 0.29) is 0 Å². The summed E-state index contributed by atoms with van der Waals surface area (Å²) in [5.74, 6) is 2.32. The fourth-order valence-corrected chi connectivity index (χ4v) is 3.37. The fourth-order valence-electron chi connectivity index (χ4n) is 2.45. The molecule has 27 heavy (non-hydrogen) atoms. The van der Waals surface area contributed by atoms with Crippen molar-refractivity contribution in [3.05, 3.63) is 83.7 Å². The monoisotopic (exact) mass is 376 g/mol.